The molecule has 0 aliphatic heterocycles. The summed E-state index contributed by atoms with van der Waals surface area (Å²) in [6.07, 6.45) is 0. The van der Waals surface area contributed by atoms with Crippen LogP contribution in [-0.4, -0.2) is 22.4 Å². The standard InChI is InChI=1S/C14H16N2O4/c1-3-19-14(18)12-11(16(2)15-13(12)17)9-20-10-7-5-4-6-8-10/h4-8H,3,9H2,1-2H3,(H,15,17). The van der Waals surface area contributed by atoms with Gasteiger partial charge in [0, 0.05) is 7.05 Å². The fourth-order valence-corrected chi connectivity index (χ4v) is 1.83. The summed E-state index contributed by atoms with van der Waals surface area (Å²) >= 11 is 0. The molecule has 0 radical (unpaired) electrons. The highest BCUT2D eigenvalue weighted by Crippen LogP contribution is 2.13. The molecule has 1 aromatic carbocycles. The molecule has 2 aromatic rings. The molecular weight excluding hydrogens is 260 g/mol. The predicted molar refractivity (Wildman–Crippen MR) is 72.8 cm³/mol. The number of para-hydroxylation sites is 1. The van der Waals surface area contributed by atoms with Crippen molar-refractivity contribution in [2.45, 2.75) is 13.5 Å². The molecule has 106 valence electrons. The van der Waals surface area contributed by atoms with E-state index >= 15 is 0 Å². The Hall–Kier alpha value is -2.50. The number of H-pyrrole nitrogens is 1. The number of hydrogen-bond acceptors (Lipinski definition) is 4. The SMILES string of the molecule is CCOC(=O)c1c(COc2ccccc2)n(C)[nH]c1=O. The van der Waals surface area contributed by atoms with Crippen LogP contribution in [0.5, 0.6) is 5.75 Å². The lowest BCUT2D eigenvalue weighted by Gasteiger charge is -2.08. The van der Waals surface area contributed by atoms with Gasteiger partial charge in [-0.15, -0.1) is 0 Å². The van der Waals surface area contributed by atoms with Gasteiger partial charge in [0.1, 0.15) is 12.4 Å². The van der Waals surface area contributed by atoms with Gasteiger partial charge in [0.05, 0.1) is 12.3 Å². The number of nitrogens with zero attached hydrogens (tertiary/aromatic N) is 1. The van der Waals surface area contributed by atoms with E-state index in [2.05, 4.69) is 5.10 Å². The smallest absolute Gasteiger partial charge is 0.345 e. The summed E-state index contributed by atoms with van der Waals surface area (Å²) in [7, 11) is 1.65. The first kappa shape index (κ1) is 13.9. The van der Waals surface area contributed by atoms with Crippen LogP contribution in [0, 0.1) is 0 Å². The highest BCUT2D eigenvalue weighted by molar-refractivity contribution is 5.90. The fraction of sp³-hybridized carbons (Fsp3) is 0.286. The summed E-state index contributed by atoms with van der Waals surface area (Å²) in [6.45, 7) is 2.01. The zero-order valence-corrected chi connectivity index (χ0v) is 11.4. The number of carbonyl (C=O) groups is 1. The van der Waals surface area contributed by atoms with Crippen molar-refractivity contribution in [1.82, 2.24) is 9.78 Å². The Morgan fingerprint density at radius 1 is 1.30 bits per heavy atom. The van der Waals surface area contributed by atoms with Crippen molar-refractivity contribution in [1.29, 1.82) is 0 Å². The van der Waals surface area contributed by atoms with Crippen molar-refractivity contribution in [3.63, 3.8) is 0 Å². The third-order valence-electron chi connectivity index (χ3n) is 2.79. The van der Waals surface area contributed by atoms with Gasteiger partial charge in [-0.3, -0.25) is 14.6 Å². The van der Waals surface area contributed by atoms with Crippen LogP contribution in [0.1, 0.15) is 23.0 Å². The third-order valence-corrected chi connectivity index (χ3v) is 2.79. The third kappa shape index (κ3) is 2.90. The molecule has 0 saturated carbocycles. The monoisotopic (exact) mass is 276 g/mol. The van der Waals surface area contributed by atoms with Gasteiger partial charge >= 0.3 is 5.97 Å². The van der Waals surface area contributed by atoms with Gasteiger partial charge in [0.15, 0.2) is 5.56 Å². The number of esters is 1. The fourth-order valence-electron chi connectivity index (χ4n) is 1.83. The number of aromatic amines is 1. The Morgan fingerprint density at radius 2 is 2.00 bits per heavy atom. The minimum atomic E-state index is -0.638. The van der Waals surface area contributed by atoms with Crippen molar-refractivity contribution in [2.24, 2.45) is 7.05 Å². The van der Waals surface area contributed by atoms with Crippen molar-refractivity contribution < 1.29 is 14.3 Å². The van der Waals surface area contributed by atoms with Gasteiger partial charge in [-0.2, -0.15) is 0 Å². The Labute approximate surface area is 115 Å². The normalized spacial score (nSPS) is 10.3. The van der Waals surface area contributed by atoms with Crippen LogP contribution < -0.4 is 10.3 Å². The van der Waals surface area contributed by atoms with E-state index in [4.69, 9.17) is 9.47 Å². The van der Waals surface area contributed by atoms with E-state index in [1.807, 2.05) is 18.2 Å². The Morgan fingerprint density at radius 3 is 2.65 bits per heavy atom. The van der Waals surface area contributed by atoms with Crippen LogP contribution >= 0.6 is 0 Å². The maximum atomic E-state index is 11.8. The Kier molecular flexibility index (Phi) is 4.24. The quantitative estimate of drug-likeness (QED) is 0.839. The number of benzene rings is 1. The first-order valence-electron chi connectivity index (χ1n) is 6.26. The minimum absolute atomic E-state index is 0.00900. The van der Waals surface area contributed by atoms with Gasteiger partial charge in [0.25, 0.3) is 5.56 Å². The second-order valence-corrected chi connectivity index (χ2v) is 4.14. The van der Waals surface area contributed by atoms with Gasteiger partial charge in [-0.05, 0) is 19.1 Å². The predicted octanol–water partition coefficient (Wildman–Crippen LogP) is 1.47. The van der Waals surface area contributed by atoms with Gasteiger partial charge in [-0.25, -0.2) is 4.79 Å². The van der Waals surface area contributed by atoms with E-state index in [1.165, 1.54) is 4.68 Å². The molecule has 0 atom stereocenters. The Balaban J connectivity index is 2.23. The first-order valence-corrected chi connectivity index (χ1v) is 6.26. The summed E-state index contributed by atoms with van der Waals surface area (Å²) in [5, 5.41) is 2.53. The summed E-state index contributed by atoms with van der Waals surface area (Å²) in [5.41, 5.74) is -0.0276. The number of ether oxygens (including phenoxy) is 2. The van der Waals surface area contributed by atoms with Crippen molar-refractivity contribution in [3.8, 4) is 5.75 Å². The van der Waals surface area contributed by atoms with Crippen LogP contribution in [0.15, 0.2) is 35.1 Å². The molecule has 0 bridgehead atoms. The summed E-state index contributed by atoms with van der Waals surface area (Å²) in [4.78, 5) is 23.6. The number of carbonyl (C=O) groups excluding carboxylic acids is 1. The molecule has 6 heteroatoms. The molecule has 0 aliphatic carbocycles. The van der Waals surface area contributed by atoms with Crippen LogP contribution in [0.4, 0.5) is 0 Å². The van der Waals surface area contributed by atoms with Crippen molar-refractivity contribution >= 4 is 5.97 Å². The van der Waals surface area contributed by atoms with E-state index < -0.39 is 11.5 Å². The van der Waals surface area contributed by atoms with Crippen molar-refractivity contribution in [2.75, 3.05) is 6.61 Å². The molecule has 0 spiro atoms. The molecule has 0 saturated heterocycles. The van der Waals surface area contributed by atoms with Crippen LogP contribution in [-0.2, 0) is 18.4 Å². The number of rotatable bonds is 5. The minimum Gasteiger partial charge on any atom is -0.487 e. The highest BCUT2D eigenvalue weighted by Gasteiger charge is 2.21. The zero-order valence-electron chi connectivity index (χ0n) is 11.4. The van der Waals surface area contributed by atoms with E-state index in [0.717, 1.165) is 0 Å². The Bertz CT molecular complexity index is 643. The second-order valence-electron chi connectivity index (χ2n) is 4.14. The maximum Gasteiger partial charge on any atom is 0.345 e. The lowest BCUT2D eigenvalue weighted by molar-refractivity contribution is 0.0521. The number of aryl methyl sites for hydroxylation is 1. The molecule has 0 fully saturated rings. The number of hydrogen-bond donors (Lipinski definition) is 1. The lowest BCUT2D eigenvalue weighted by Crippen LogP contribution is -2.17. The van der Waals surface area contributed by atoms with E-state index in [0.29, 0.717) is 11.4 Å². The second kappa shape index (κ2) is 6.10. The molecule has 0 unspecified atom stereocenters. The van der Waals surface area contributed by atoms with E-state index in [-0.39, 0.29) is 18.8 Å². The zero-order chi connectivity index (χ0) is 14.5. The summed E-state index contributed by atoms with van der Waals surface area (Å²) in [6, 6.07) is 9.17. The number of aromatic nitrogens is 2. The summed E-state index contributed by atoms with van der Waals surface area (Å²) in [5.74, 6) is 0.0250. The van der Waals surface area contributed by atoms with E-state index in [1.54, 1.807) is 26.1 Å². The topological polar surface area (TPSA) is 73.3 Å². The van der Waals surface area contributed by atoms with Crippen LogP contribution in [0.3, 0.4) is 0 Å². The largest absolute Gasteiger partial charge is 0.487 e. The maximum absolute atomic E-state index is 11.8. The molecule has 2 rings (SSSR count). The van der Waals surface area contributed by atoms with Crippen LogP contribution in [0.2, 0.25) is 0 Å². The molecule has 0 aliphatic rings. The summed E-state index contributed by atoms with van der Waals surface area (Å²) < 4.78 is 11.9. The van der Waals surface area contributed by atoms with Gasteiger partial charge in [-0.1, -0.05) is 18.2 Å². The highest BCUT2D eigenvalue weighted by atomic mass is 16.5. The average molecular weight is 276 g/mol. The molecule has 1 aromatic heterocycles. The lowest BCUT2D eigenvalue weighted by atomic mass is 10.2. The molecule has 6 nitrogen and oxygen atoms in total. The van der Waals surface area contributed by atoms with Crippen molar-refractivity contribution in [3.05, 3.63) is 51.9 Å². The molecule has 1 heterocycles. The molecule has 0 amide bonds. The van der Waals surface area contributed by atoms with E-state index in [9.17, 15) is 9.59 Å². The number of nitrogens with one attached hydrogen (secondary N) is 1. The van der Waals surface area contributed by atoms with Gasteiger partial charge in [0.2, 0.25) is 0 Å². The average Bonchev–Trinajstić information content (AvgIpc) is 2.72. The molecular formula is C14H16N2O4. The first-order chi connectivity index (χ1) is 9.63. The van der Waals surface area contributed by atoms with Crippen LogP contribution in [0.25, 0.3) is 0 Å². The molecule has 20 heavy (non-hydrogen) atoms. The molecule has 1 N–H and O–H groups in total. The van der Waals surface area contributed by atoms with Gasteiger partial charge < -0.3 is 9.47 Å².